The molecule has 2 aliphatic heterocycles. The molecular formula is C21H24N6O3. The highest BCUT2D eigenvalue weighted by molar-refractivity contribution is 5.87. The van der Waals surface area contributed by atoms with E-state index in [9.17, 15) is 4.79 Å². The van der Waals surface area contributed by atoms with Crippen LogP contribution in [0.4, 0.5) is 11.5 Å². The number of carbonyl (C=O) groups excluding carboxylic acids is 1. The number of rotatable bonds is 5. The zero-order chi connectivity index (χ0) is 20.3. The summed E-state index contributed by atoms with van der Waals surface area (Å²) in [6.07, 6.45) is 5.38. The first-order valence-corrected chi connectivity index (χ1v) is 10.2. The average Bonchev–Trinajstić information content (AvgIpc) is 3.27. The molecular weight excluding hydrogens is 384 g/mol. The molecule has 1 saturated heterocycles. The Hall–Kier alpha value is -3.49. The van der Waals surface area contributed by atoms with Crippen LogP contribution in [0.15, 0.2) is 36.8 Å². The van der Waals surface area contributed by atoms with Crippen molar-refractivity contribution in [3.63, 3.8) is 0 Å². The van der Waals surface area contributed by atoms with Crippen LogP contribution >= 0.6 is 0 Å². The van der Waals surface area contributed by atoms with Crippen LogP contribution in [0.5, 0.6) is 11.5 Å². The zero-order valence-corrected chi connectivity index (χ0v) is 16.6. The number of piperidine rings is 1. The van der Waals surface area contributed by atoms with Gasteiger partial charge in [0.05, 0.1) is 17.6 Å². The molecule has 4 heterocycles. The van der Waals surface area contributed by atoms with Gasteiger partial charge in [0.15, 0.2) is 11.5 Å². The maximum Gasteiger partial charge on any atom is 0.239 e. The van der Waals surface area contributed by atoms with E-state index in [2.05, 4.69) is 30.5 Å². The first-order valence-electron chi connectivity index (χ1n) is 10.2. The van der Waals surface area contributed by atoms with Gasteiger partial charge in [-0.15, -0.1) is 0 Å². The van der Waals surface area contributed by atoms with Gasteiger partial charge in [0.25, 0.3) is 0 Å². The van der Waals surface area contributed by atoms with Crippen molar-refractivity contribution in [1.82, 2.24) is 20.3 Å². The standard InChI is InChI=1S/C21H24N6O3/c28-18(11-23-16-4-1-5-17-19(16)30-10-9-29-17)26-14-3-2-8-27(12-14)21-15-6-7-22-20(15)24-13-25-21/h1,4-7,13-14,23H,2-3,8-12H2,(H,26,28)(H,22,24,25). The summed E-state index contributed by atoms with van der Waals surface area (Å²) in [6.45, 7) is 2.85. The predicted molar refractivity (Wildman–Crippen MR) is 113 cm³/mol. The molecule has 1 amide bonds. The largest absolute Gasteiger partial charge is 0.486 e. The van der Waals surface area contributed by atoms with Crippen LogP contribution < -0.4 is 25.0 Å². The highest BCUT2D eigenvalue weighted by atomic mass is 16.6. The van der Waals surface area contributed by atoms with Gasteiger partial charge in [-0.2, -0.15) is 0 Å². The van der Waals surface area contributed by atoms with Crippen LogP contribution in [-0.4, -0.2) is 59.7 Å². The fraction of sp³-hybridized carbons (Fsp3) is 0.381. The summed E-state index contributed by atoms with van der Waals surface area (Å²) in [5.41, 5.74) is 1.59. The van der Waals surface area contributed by atoms with Gasteiger partial charge in [-0.25, -0.2) is 9.97 Å². The minimum atomic E-state index is -0.0503. The summed E-state index contributed by atoms with van der Waals surface area (Å²) >= 11 is 0. The third-order valence-electron chi connectivity index (χ3n) is 5.42. The lowest BCUT2D eigenvalue weighted by Crippen LogP contribution is -2.49. The van der Waals surface area contributed by atoms with Crippen LogP contribution in [0.3, 0.4) is 0 Å². The molecule has 0 spiro atoms. The van der Waals surface area contributed by atoms with Gasteiger partial charge in [0.2, 0.25) is 5.91 Å². The van der Waals surface area contributed by atoms with E-state index in [-0.39, 0.29) is 18.5 Å². The third-order valence-corrected chi connectivity index (χ3v) is 5.42. The molecule has 5 rings (SSSR count). The van der Waals surface area contributed by atoms with Gasteiger partial charge in [-0.1, -0.05) is 6.07 Å². The van der Waals surface area contributed by atoms with Crippen LogP contribution in [0.1, 0.15) is 12.8 Å². The number of aromatic amines is 1. The van der Waals surface area contributed by atoms with Gasteiger partial charge in [0.1, 0.15) is 31.0 Å². The van der Waals surface area contributed by atoms with E-state index in [0.717, 1.165) is 48.5 Å². The molecule has 1 atom stereocenters. The van der Waals surface area contributed by atoms with Gasteiger partial charge in [-0.3, -0.25) is 4.79 Å². The maximum atomic E-state index is 12.6. The minimum Gasteiger partial charge on any atom is -0.486 e. The Kier molecular flexibility index (Phi) is 5.00. The predicted octanol–water partition coefficient (Wildman–Crippen LogP) is 1.93. The van der Waals surface area contributed by atoms with Crippen LogP contribution in [0.25, 0.3) is 11.0 Å². The molecule has 0 radical (unpaired) electrons. The monoisotopic (exact) mass is 408 g/mol. The third kappa shape index (κ3) is 3.70. The molecule has 1 aromatic carbocycles. The molecule has 156 valence electrons. The van der Waals surface area contributed by atoms with E-state index in [0.29, 0.717) is 24.7 Å². The number of amides is 1. The van der Waals surface area contributed by atoms with Crippen LogP contribution in [0, 0.1) is 0 Å². The van der Waals surface area contributed by atoms with Crippen molar-refractivity contribution in [2.45, 2.75) is 18.9 Å². The number of benzene rings is 1. The highest BCUT2D eigenvalue weighted by Gasteiger charge is 2.24. The van der Waals surface area contributed by atoms with E-state index >= 15 is 0 Å². The van der Waals surface area contributed by atoms with E-state index < -0.39 is 0 Å². The first-order chi connectivity index (χ1) is 14.8. The van der Waals surface area contributed by atoms with Crippen molar-refractivity contribution in [2.75, 3.05) is 43.1 Å². The fourth-order valence-electron chi connectivity index (χ4n) is 4.07. The molecule has 3 N–H and O–H groups in total. The number of ether oxygens (including phenoxy) is 2. The number of nitrogens with one attached hydrogen (secondary N) is 3. The Morgan fingerprint density at radius 3 is 3.13 bits per heavy atom. The zero-order valence-electron chi connectivity index (χ0n) is 16.6. The number of aromatic nitrogens is 3. The number of fused-ring (bicyclic) bond motifs is 2. The Labute approximate surface area is 173 Å². The molecule has 1 unspecified atom stereocenters. The molecule has 9 nitrogen and oxygen atoms in total. The summed E-state index contributed by atoms with van der Waals surface area (Å²) in [7, 11) is 0. The van der Waals surface area contributed by atoms with Gasteiger partial charge < -0.3 is 30.0 Å². The molecule has 0 aliphatic carbocycles. The number of H-pyrrole nitrogens is 1. The molecule has 2 aliphatic rings. The lowest BCUT2D eigenvalue weighted by Gasteiger charge is -2.34. The lowest BCUT2D eigenvalue weighted by molar-refractivity contribution is -0.120. The van der Waals surface area contributed by atoms with Gasteiger partial charge in [0, 0.05) is 25.3 Å². The number of para-hydroxylation sites is 1. The number of anilines is 2. The van der Waals surface area contributed by atoms with Gasteiger partial charge >= 0.3 is 0 Å². The number of hydrogen-bond acceptors (Lipinski definition) is 7. The Balaban J connectivity index is 1.20. The molecule has 9 heteroatoms. The topological polar surface area (TPSA) is 104 Å². The number of nitrogens with zero attached hydrogens (tertiary/aromatic N) is 3. The smallest absolute Gasteiger partial charge is 0.239 e. The summed E-state index contributed by atoms with van der Waals surface area (Å²) in [6, 6.07) is 7.70. The van der Waals surface area contributed by atoms with E-state index in [1.54, 1.807) is 6.33 Å². The van der Waals surface area contributed by atoms with Crippen molar-refractivity contribution in [3.8, 4) is 11.5 Å². The maximum absolute atomic E-state index is 12.6. The summed E-state index contributed by atoms with van der Waals surface area (Å²) in [4.78, 5) is 26.6. The second kappa shape index (κ2) is 8.10. The Bertz CT molecular complexity index is 1050. The van der Waals surface area contributed by atoms with Crippen molar-refractivity contribution < 1.29 is 14.3 Å². The normalized spacial score (nSPS) is 18.3. The Morgan fingerprint density at radius 1 is 1.23 bits per heavy atom. The SMILES string of the molecule is O=C(CNc1cccc2c1OCCO2)NC1CCCN(c2ncnc3[nH]ccc23)C1. The van der Waals surface area contributed by atoms with Crippen LogP contribution in [0.2, 0.25) is 0 Å². The van der Waals surface area contributed by atoms with E-state index in [1.165, 1.54) is 0 Å². The second-order valence-corrected chi connectivity index (χ2v) is 7.47. The summed E-state index contributed by atoms with van der Waals surface area (Å²) in [5, 5.41) is 7.32. The van der Waals surface area contributed by atoms with Crippen molar-refractivity contribution in [2.24, 2.45) is 0 Å². The first kappa shape index (κ1) is 18.5. The minimum absolute atomic E-state index is 0.0503. The molecule has 0 bridgehead atoms. The molecule has 30 heavy (non-hydrogen) atoms. The number of hydrogen-bond donors (Lipinski definition) is 3. The fourth-order valence-corrected chi connectivity index (χ4v) is 4.07. The van der Waals surface area contributed by atoms with E-state index in [1.807, 2.05) is 30.5 Å². The quantitative estimate of drug-likeness (QED) is 0.592. The van der Waals surface area contributed by atoms with Crippen molar-refractivity contribution in [3.05, 3.63) is 36.8 Å². The summed E-state index contributed by atoms with van der Waals surface area (Å²) < 4.78 is 11.3. The van der Waals surface area contributed by atoms with Crippen molar-refractivity contribution in [1.29, 1.82) is 0 Å². The second-order valence-electron chi connectivity index (χ2n) is 7.47. The molecule has 3 aromatic rings. The lowest BCUT2D eigenvalue weighted by atomic mass is 10.1. The Morgan fingerprint density at radius 2 is 2.17 bits per heavy atom. The average molecular weight is 408 g/mol. The molecule has 2 aromatic heterocycles. The van der Waals surface area contributed by atoms with E-state index in [4.69, 9.17) is 9.47 Å². The van der Waals surface area contributed by atoms with Crippen molar-refractivity contribution >= 4 is 28.4 Å². The number of carbonyl (C=O) groups is 1. The summed E-state index contributed by atoms with van der Waals surface area (Å²) in [5.74, 6) is 2.23. The molecule has 1 fully saturated rings. The molecule has 0 saturated carbocycles. The van der Waals surface area contributed by atoms with Gasteiger partial charge in [-0.05, 0) is 31.0 Å². The highest BCUT2D eigenvalue weighted by Crippen LogP contribution is 2.37. The van der Waals surface area contributed by atoms with Crippen LogP contribution in [-0.2, 0) is 4.79 Å².